The van der Waals surface area contributed by atoms with E-state index < -0.39 is 6.04 Å². The molecule has 27 heavy (non-hydrogen) atoms. The van der Waals surface area contributed by atoms with Crippen molar-refractivity contribution in [3.05, 3.63) is 81.9 Å². The molecule has 1 amide bonds. The summed E-state index contributed by atoms with van der Waals surface area (Å²) < 4.78 is 7.19. The van der Waals surface area contributed by atoms with Crippen LogP contribution in [0.5, 0.6) is 5.75 Å². The van der Waals surface area contributed by atoms with E-state index in [2.05, 4.69) is 10.3 Å². The van der Waals surface area contributed by atoms with Gasteiger partial charge in [0.05, 0.1) is 23.6 Å². The molecule has 3 aromatic rings. The zero-order valence-electron chi connectivity index (χ0n) is 14.9. The van der Waals surface area contributed by atoms with Gasteiger partial charge in [-0.1, -0.05) is 41.4 Å². The first-order valence-corrected chi connectivity index (χ1v) is 9.08. The fourth-order valence-electron chi connectivity index (χ4n) is 2.82. The average Bonchev–Trinajstić information content (AvgIpc) is 3.08. The van der Waals surface area contributed by atoms with Gasteiger partial charge in [0.2, 0.25) is 5.91 Å². The van der Waals surface area contributed by atoms with Crippen LogP contribution in [0.2, 0.25) is 10.0 Å². The topological polar surface area (TPSA) is 56.1 Å². The first-order valence-electron chi connectivity index (χ1n) is 8.32. The number of imidazole rings is 1. The molecule has 3 rings (SSSR count). The molecule has 0 aliphatic carbocycles. The molecule has 7 heteroatoms. The number of ether oxygens (including phenoxy) is 1. The summed E-state index contributed by atoms with van der Waals surface area (Å²) in [5.74, 6) is 1.29. The van der Waals surface area contributed by atoms with E-state index in [9.17, 15) is 4.79 Å². The maximum Gasteiger partial charge on any atom is 0.225 e. The molecule has 0 saturated carbocycles. The lowest BCUT2D eigenvalue weighted by molar-refractivity contribution is -0.121. The first kappa shape index (κ1) is 19.3. The minimum Gasteiger partial charge on any atom is -0.497 e. The van der Waals surface area contributed by atoms with Crippen LogP contribution in [0.4, 0.5) is 0 Å². The predicted octanol–water partition coefficient (Wildman–Crippen LogP) is 4.18. The standard InChI is InChI=1S/C20H19Cl2N3O2/c1-25-9-8-23-20(25)19(14-4-3-5-15(12-14)27-2)24-18(26)11-13-6-7-16(21)17(22)10-13/h3-10,12,19H,11H2,1-2H3,(H,24,26)/t19-/m0/s1. The molecule has 2 aromatic carbocycles. The number of rotatable bonds is 6. The molecular formula is C20H19Cl2N3O2. The maximum atomic E-state index is 12.7. The van der Waals surface area contributed by atoms with Crippen LogP contribution in [0.15, 0.2) is 54.9 Å². The lowest BCUT2D eigenvalue weighted by Crippen LogP contribution is -2.32. The Balaban J connectivity index is 1.85. The number of amides is 1. The number of carbonyl (C=O) groups excluding carboxylic acids is 1. The van der Waals surface area contributed by atoms with Gasteiger partial charge in [0.25, 0.3) is 0 Å². The van der Waals surface area contributed by atoms with Crippen molar-refractivity contribution in [2.75, 3.05) is 7.11 Å². The Bertz CT molecular complexity index is 956. The minimum absolute atomic E-state index is 0.149. The zero-order valence-corrected chi connectivity index (χ0v) is 16.5. The number of benzene rings is 2. The predicted molar refractivity (Wildman–Crippen MR) is 106 cm³/mol. The van der Waals surface area contributed by atoms with E-state index in [1.165, 1.54) is 0 Å². The van der Waals surface area contributed by atoms with E-state index in [1.54, 1.807) is 31.5 Å². The molecular weight excluding hydrogens is 385 g/mol. The fourth-order valence-corrected chi connectivity index (χ4v) is 3.14. The Morgan fingerprint density at radius 2 is 2.04 bits per heavy atom. The summed E-state index contributed by atoms with van der Waals surface area (Å²) in [7, 11) is 3.50. The molecule has 1 aromatic heterocycles. The number of nitrogens with zero attached hydrogens (tertiary/aromatic N) is 2. The van der Waals surface area contributed by atoms with Gasteiger partial charge in [-0.25, -0.2) is 4.98 Å². The van der Waals surface area contributed by atoms with Crippen molar-refractivity contribution in [1.29, 1.82) is 0 Å². The molecule has 0 aliphatic heterocycles. The van der Waals surface area contributed by atoms with Crippen molar-refractivity contribution in [3.63, 3.8) is 0 Å². The Hall–Kier alpha value is -2.50. The summed E-state index contributed by atoms with van der Waals surface area (Å²) >= 11 is 12.0. The summed E-state index contributed by atoms with van der Waals surface area (Å²) in [6.45, 7) is 0. The third kappa shape index (κ3) is 4.62. The monoisotopic (exact) mass is 403 g/mol. The summed E-state index contributed by atoms with van der Waals surface area (Å²) in [6, 6.07) is 12.3. The molecule has 140 valence electrons. The van der Waals surface area contributed by atoms with Crippen molar-refractivity contribution in [1.82, 2.24) is 14.9 Å². The molecule has 5 nitrogen and oxygen atoms in total. The Morgan fingerprint density at radius 3 is 2.70 bits per heavy atom. The van der Waals surface area contributed by atoms with Crippen LogP contribution in [0.1, 0.15) is 23.0 Å². The molecule has 0 fully saturated rings. The Morgan fingerprint density at radius 1 is 1.22 bits per heavy atom. The Kier molecular flexibility index (Phi) is 6.04. The van der Waals surface area contributed by atoms with Crippen molar-refractivity contribution in [3.8, 4) is 5.75 Å². The quantitative estimate of drug-likeness (QED) is 0.671. The lowest BCUT2D eigenvalue weighted by Gasteiger charge is -2.20. The normalized spacial score (nSPS) is 11.9. The average molecular weight is 404 g/mol. The van der Waals surface area contributed by atoms with Crippen LogP contribution in [-0.4, -0.2) is 22.6 Å². The molecule has 0 aliphatic rings. The van der Waals surface area contributed by atoms with Gasteiger partial charge in [-0.3, -0.25) is 4.79 Å². The third-order valence-corrected chi connectivity index (χ3v) is 4.94. The minimum atomic E-state index is -0.407. The van der Waals surface area contributed by atoms with Crippen LogP contribution < -0.4 is 10.1 Å². The van der Waals surface area contributed by atoms with E-state index >= 15 is 0 Å². The lowest BCUT2D eigenvalue weighted by atomic mass is 10.0. The third-order valence-electron chi connectivity index (χ3n) is 4.20. The second kappa shape index (κ2) is 8.46. The smallest absolute Gasteiger partial charge is 0.225 e. The molecule has 0 radical (unpaired) electrons. The van der Waals surface area contributed by atoms with Gasteiger partial charge in [0, 0.05) is 19.4 Å². The largest absolute Gasteiger partial charge is 0.497 e. The van der Waals surface area contributed by atoms with Crippen LogP contribution in [-0.2, 0) is 18.3 Å². The van der Waals surface area contributed by atoms with Gasteiger partial charge in [0.15, 0.2) is 0 Å². The van der Waals surface area contributed by atoms with Gasteiger partial charge in [-0.2, -0.15) is 0 Å². The number of aryl methyl sites for hydroxylation is 1. The highest BCUT2D eigenvalue weighted by molar-refractivity contribution is 6.42. The van der Waals surface area contributed by atoms with Gasteiger partial charge >= 0.3 is 0 Å². The Labute approximate surface area is 167 Å². The fraction of sp³-hybridized carbons (Fsp3) is 0.200. The summed E-state index contributed by atoms with van der Waals surface area (Å²) in [4.78, 5) is 17.1. The van der Waals surface area contributed by atoms with E-state index in [0.717, 1.165) is 17.0 Å². The molecule has 0 unspecified atom stereocenters. The second-order valence-corrected chi connectivity index (χ2v) is 6.91. The van der Waals surface area contributed by atoms with E-state index in [1.807, 2.05) is 42.1 Å². The second-order valence-electron chi connectivity index (χ2n) is 6.10. The number of aromatic nitrogens is 2. The summed E-state index contributed by atoms with van der Waals surface area (Å²) in [5.41, 5.74) is 1.66. The van der Waals surface area contributed by atoms with Crippen molar-refractivity contribution in [2.24, 2.45) is 7.05 Å². The maximum absolute atomic E-state index is 12.7. The number of methoxy groups -OCH3 is 1. The van der Waals surface area contributed by atoms with Crippen LogP contribution in [0, 0.1) is 0 Å². The molecule has 1 N–H and O–H groups in total. The highest BCUT2D eigenvalue weighted by Crippen LogP contribution is 2.25. The van der Waals surface area contributed by atoms with Gasteiger partial charge in [0.1, 0.15) is 17.6 Å². The highest BCUT2D eigenvalue weighted by atomic mass is 35.5. The van der Waals surface area contributed by atoms with E-state index in [-0.39, 0.29) is 12.3 Å². The van der Waals surface area contributed by atoms with Crippen molar-refractivity contribution in [2.45, 2.75) is 12.5 Å². The van der Waals surface area contributed by atoms with Crippen LogP contribution in [0.3, 0.4) is 0 Å². The van der Waals surface area contributed by atoms with E-state index in [0.29, 0.717) is 15.8 Å². The van der Waals surface area contributed by atoms with Crippen LogP contribution >= 0.6 is 23.2 Å². The van der Waals surface area contributed by atoms with Gasteiger partial charge in [-0.05, 0) is 35.4 Å². The van der Waals surface area contributed by atoms with Gasteiger partial charge in [-0.15, -0.1) is 0 Å². The van der Waals surface area contributed by atoms with Crippen molar-refractivity contribution >= 4 is 29.1 Å². The number of hydrogen-bond acceptors (Lipinski definition) is 3. The molecule has 1 heterocycles. The van der Waals surface area contributed by atoms with E-state index in [4.69, 9.17) is 27.9 Å². The number of hydrogen-bond donors (Lipinski definition) is 1. The van der Waals surface area contributed by atoms with Crippen molar-refractivity contribution < 1.29 is 9.53 Å². The highest BCUT2D eigenvalue weighted by Gasteiger charge is 2.21. The number of nitrogens with one attached hydrogen (secondary N) is 1. The molecule has 0 saturated heterocycles. The molecule has 0 spiro atoms. The SMILES string of the molecule is COc1cccc([C@H](NC(=O)Cc2ccc(Cl)c(Cl)c2)c2nccn2C)c1. The number of halogens is 2. The zero-order chi connectivity index (χ0) is 19.4. The summed E-state index contributed by atoms with van der Waals surface area (Å²) in [6.07, 6.45) is 3.73. The van der Waals surface area contributed by atoms with Gasteiger partial charge < -0.3 is 14.6 Å². The molecule has 0 bridgehead atoms. The number of carbonyl (C=O) groups is 1. The summed E-state index contributed by atoms with van der Waals surface area (Å²) in [5, 5.41) is 3.94. The molecule has 1 atom stereocenters. The van der Waals surface area contributed by atoms with Crippen LogP contribution in [0.25, 0.3) is 0 Å². The first-order chi connectivity index (χ1) is 13.0.